The van der Waals surface area contributed by atoms with E-state index in [9.17, 15) is 24.3 Å². The minimum atomic E-state index is -0.990. The largest absolute Gasteiger partial charge is 0.490 e. The van der Waals surface area contributed by atoms with Crippen molar-refractivity contribution in [3.63, 3.8) is 0 Å². The number of amides is 4. The molecule has 2 aliphatic heterocycles. The van der Waals surface area contributed by atoms with E-state index in [1.165, 1.54) is 11.1 Å². The van der Waals surface area contributed by atoms with Crippen molar-refractivity contribution in [1.29, 1.82) is 0 Å². The van der Waals surface area contributed by atoms with Crippen LogP contribution in [0.1, 0.15) is 103 Å². The standard InChI is InChI=1S/C40H41N5O7/c1-4-40(5-2,25-8-13-29(14-9-25)52-31-21-41-36(23(3)46)42-22-31)24-6-11-28(12-7-24)51-30-18-27(19-30)43-26-10-15-32-33(20-26)39(50)45(38(32)49)34-16-17-35(47)44-37(34)48/h6-15,20-23,27,30,34,43,46H,4-5,16-19H2,1-3H3,(H,44,47,48). The molecule has 12 heteroatoms. The number of nitrogens with one attached hydrogen (secondary N) is 2. The van der Waals surface area contributed by atoms with Gasteiger partial charge in [0.15, 0.2) is 11.6 Å². The second-order valence-corrected chi connectivity index (χ2v) is 13.7. The van der Waals surface area contributed by atoms with Crippen molar-refractivity contribution in [2.45, 2.75) is 89.0 Å². The zero-order valence-electron chi connectivity index (χ0n) is 29.3. The molecule has 4 amide bonds. The fourth-order valence-corrected chi connectivity index (χ4v) is 7.43. The predicted molar refractivity (Wildman–Crippen MR) is 191 cm³/mol. The van der Waals surface area contributed by atoms with Crippen LogP contribution in [0.4, 0.5) is 5.69 Å². The Bertz CT molecular complexity index is 1990. The number of carbonyl (C=O) groups excluding carboxylic acids is 4. The summed E-state index contributed by atoms with van der Waals surface area (Å²) in [4.78, 5) is 59.4. The molecule has 2 atom stereocenters. The van der Waals surface area contributed by atoms with Gasteiger partial charge in [-0.25, -0.2) is 9.97 Å². The molecule has 4 aromatic rings. The second kappa shape index (κ2) is 14.2. The highest BCUT2D eigenvalue weighted by atomic mass is 16.5. The first kappa shape index (κ1) is 34.8. The summed E-state index contributed by atoms with van der Waals surface area (Å²) in [5.74, 6) is 0.247. The molecule has 3 aliphatic rings. The van der Waals surface area contributed by atoms with E-state index in [4.69, 9.17) is 9.47 Å². The quantitative estimate of drug-likeness (QED) is 0.153. The molecule has 0 radical (unpaired) electrons. The van der Waals surface area contributed by atoms with Gasteiger partial charge in [0.2, 0.25) is 11.8 Å². The first-order chi connectivity index (χ1) is 25.1. The molecule has 268 valence electrons. The molecular formula is C40H41N5O7. The Morgan fingerprint density at radius 2 is 1.48 bits per heavy atom. The van der Waals surface area contributed by atoms with Gasteiger partial charge in [0.25, 0.3) is 11.8 Å². The lowest BCUT2D eigenvalue weighted by atomic mass is 9.70. The number of hydrogen-bond acceptors (Lipinski definition) is 10. The van der Waals surface area contributed by atoms with Crippen LogP contribution in [-0.2, 0) is 15.0 Å². The van der Waals surface area contributed by atoms with E-state index in [-0.39, 0.29) is 41.5 Å². The highest BCUT2D eigenvalue weighted by Crippen LogP contribution is 2.41. The number of aromatic nitrogens is 2. The number of fused-ring (bicyclic) bond motifs is 1. The summed E-state index contributed by atoms with van der Waals surface area (Å²) in [5.41, 5.74) is 3.43. The molecule has 2 fully saturated rings. The molecule has 1 aliphatic carbocycles. The number of rotatable bonds is 12. The topological polar surface area (TPSA) is 160 Å². The molecule has 3 aromatic carbocycles. The van der Waals surface area contributed by atoms with Crippen molar-refractivity contribution >= 4 is 29.3 Å². The smallest absolute Gasteiger partial charge is 0.262 e. The summed E-state index contributed by atoms with van der Waals surface area (Å²) in [6, 6.07) is 20.6. The SMILES string of the molecule is CCC(CC)(c1ccc(Oc2cnc(C(C)O)nc2)cc1)c1ccc(OC2CC(Nc3ccc4c(c3)C(=O)N(C3CCC(=O)NC3=O)C4=O)C2)cc1. The number of piperidine rings is 1. The third-order valence-electron chi connectivity index (χ3n) is 10.5. The minimum absolute atomic E-state index is 0.0345. The molecule has 0 bridgehead atoms. The number of aliphatic hydroxyl groups is 1. The maximum atomic E-state index is 13.2. The van der Waals surface area contributed by atoms with Crippen LogP contribution in [-0.4, -0.2) is 61.8 Å². The number of ether oxygens (including phenoxy) is 2. The van der Waals surface area contributed by atoms with Gasteiger partial charge in [-0.2, -0.15) is 0 Å². The van der Waals surface area contributed by atoms with Gasteiger partial charge < -0.3 is 19.9 Å². The monoisotopic (exact) mass is 703 g/mol. The van der Waals surface area contributed by atoms with Gasteiger partial charge in [0.05, 0.1) is 23.5 Å². The number of imide groups is 2. The van der Waals surface area contributed by atoms with Gasteiger partial charge in [-0.15, -0.1) is 0 Å². The third-order valence-corrected chi connectivity index (χ3v) is 10.5. The van der Waals surface area contributed by atoms with Crippen LogP contribution in [0.15, 0.2) is 79.1 Å². The normalized spacial score (nSPS) is 20.5. The lowest BCUT2D eigenvalue weighted by Crippen LogP contribution is -2.54. The van der Waals surface area contributed by atoms with Crippen molar-refractivity contribution in [1.82, 2.24) is 20.2 Å². The van der Waals surface area contributed by atoms with Crippen LogP contribution < -0.4 is 20.1 Å². The number of anilines is 1. The highest BCUT2D eigenvalue weighted by molar-refractivity contribution is 6.23. The van der Waals surface area contributed by atoms with Crippen molar-refractivity contribution in [3.8, 4) is 17.2 Å². The third kappa shape index (κ3) is 6.61. The van der Waals surface area contributed by atoms with Gasteiger partial charge in [0, 0.05) is 36.4 Å². The van der Waals surface area contributed by atoms with Gasteiger partial charge in [-0.3, -0.25) is 29.4 Å². The Morgan fingerprint density at radius 1 is 0.865 bits per heavy atom. The maximum absolute atomic E-state index is 13.2. The van der Waals surface area contributed by atoms with Crippen LogP contribution in [0.3, 0.4) is 0 Å². The molecule has 52 heavy (non-hydrogen) atoms. The van der Waals surface area contributed by atoms with Crippen LogP contribution >= 0.6 is 0 Å². The summed E-state index contributed by atoms with van der Waals surface area (Å²) in [6.07, 6.45) is 5.96. The average Bonchev–Trinajstić information content (AvgIpc) is 3.37. The van der Waals surface area contributed by atoms with E-state index in [2.05, 4.69) is 58.7 Å². The molecule has 3 heterocycles. The number of carbonyl (C=O) groups is 4. The van der Waals surface area contributed by atoms with E-state index in [0.29, 0.717) is 23.0 Å². The van der Waals surface area contributed by atoms with E-state index >= 15 is 0 Å². The summed E-state index contributed by atoms with van der Waals surface area (Å²) in [6.45, 7) is 6.01. The molecule has 0 spiro atoms. The van der Waals surface area contributed by atoms with Gasteiger partial charge in [0.1, 0.15) is 29.7 Å². The summed E-state index contributed by atoms with van der Waals surface area (Å²) in [7, 11) is 0. The number of hydrogen-bond donors (Lipinski definition) is 3. The molecule has 3 N–H and O–H groups in total. The van der Waals surface area contributed by atoms with Gasteiger partial charge >= 0.3 is 0 Å². The van der Waals surface area contributed by atoms with Crippen molar-refractivity contribution in [2.24, 2.45) is 0 Å². The fraction of sp³-hybridized carbons (Fsp3) is 0.350. The molecule has 2 unspecified atom stereocenters. The zero-order valence-corrected chi connectivity index (χ0v) is 29.3. The van der Waals surface area contributed by atoms with Crippen LogP contribution in [0.5, 0.6) is 17.2 Å². The maximum Gasteiger partial charge on any atom is 0.262 e. The van der Waals surface area contributed by atoms with Gasteiger partial charge in [-0.1, -0.05) is 38.1 Å². The van der Waals surface area contributed by atoms with E-state index in [0.717, 1.165) is 36.3 Å². The second-order valence-electron chi connectivity index (χ2n) is 13.7. The Kier molecular flexibility index (Phi) is 9.50. The molecule has 1 saturated carbocycles. The summed E-state index contributed by atoms with van der Waals surface area (Å²) < 4.78 is 12.3. The number of nitrogens with zero attached hydrogens (tertiary/aromatic N) is 3. The van der Waals surface area contributed by atoms with Gasteiger partial charge in [-0.05, 0) is 79.8 Å². The minimum Gasteiger partial charge on any atom is -0.490 e. The summed E-state index contributed by atoms with van der Waals surface area (Å²) >= 11 is 0. The Hall–Kier alpha value is -5.62. The fourth-order valence-electron chi connectivity index (χ4n) is 7.43. The number of benzene rings is 3. The Morgan fingerprint density at radius 3 is 2.08 bits per heavy atom. The van der Waals surface area contributed by atoms with Crippen LogP contribution in [0.25, 0.3) is 0 Å². The first-order valence-corrected chi connectivity index (χ1v) is 17.8. The zero-order chi connectivity index (χ0) is 36.6. The van der Waals surface area contributed by atoms with Crippen molar-refractivity contribution < 1.29 is 33.8 Å². The molecular weight excluding hydrogens is 662 g/mol. The van der Waals surface area contributed by atoms with Crippen molar-refractivity contribution in [3.05, 3.63) is 107 Å². The average molecular weight is 704 g/mol. The lowest BCUT2D eigenvalue weighted by Gasteiger charge is -2.37. The van der Waals surface area contributed by atoms with E-state index in [1.54, 1.807) is 37.5 Å². The van der Waals surface area contributed by atoms with Crippen LogP contribution in [0.2, 0.25) is 0 Å². The Balaban J connectivity index is 0.940. The highest BCUT2D eigenvalue weighted by Gasteiger charge is 2.45. The van der Waals surface area contributed by atoms with E-state index in [1.807, 2.05) is 24.3 Å². The molecule has 1 saturated heterocycles. The van der Waals surface area contributed by atoms with E-state index < -0.39 is 35.8 Å². The Labute approximate surface area is 301 Å². The number of aliphatic hydroxyl groups excluding tert-OH is 1. The molecule has 7 rings (SSSR count). The summed E-state index contributed by atoms with van der Waals surface area (Å²) in [5, 5.41) is 15.3. The molecule has 12 nitrogen and oxygen atoms in total. The first-order valence-electron chi connectivity index (χ1n) is 17.8. The van der Waals surface area contributed by atoms with Crippen LogP contribution in [0, 0.1) is 0 Å². The lowest BCUT2D eigenvalue weighted by molar-refractivity contribution is -0.136. The van der Waals surface area contributed by atoms with Crippen molar-refractivity contribution in [2.75, 3.05) is 5.32 Å². The predicted octanol–water partition coefficient (Wildman–Crippen LogP) is 5.85. The molecule has 1 aromatic heterocycles.